The van der Waals surface area contributed by atoms with Gasteiger partial charge in [0.2, 0.25) is 0 Å². The maximum absolute atomic E-state index is 13.0. The molecule has 0 aliphatic carbocycles. The van der Waals surface area contributed by atoms with E-state index in [0.29, 0.717) is 0 Å². The zero-order chi connectivity index (χ0) is 13.3. The van der Waals surface area contributed by atoms with Crippen molar-refractivity contribution in [2.24, 2.45) is 0 Å². The number of thiazole rings is 1. The van der Waals surface area contributed by atoms with E-state index >= 15 is 0 Å². The van der Waals surface area contributed by atoms with Crippen molar-refractivity contribution in [1.82, 2.24) is 4.98 Å². The Kier molecular flexibility index (Phi) is 3.90. The van der Waals surface area contributed by atoms with Gasteiger partial charge >= 0.3 is 0 Å². The highest BCUT2D eigenvalue weighted by molar-refractivity contribution is 9.10. The molecule has 0 saturated carbocycles. The fourth-order valence-corrected chi connectivity index (χ4v) is 3.85. The van der Waals surface area contributed by atoms with Crippen LogP contribution in [0.1, 0.15) is 0 Å². The summed E-state index contributed by atoms with van der Waals surface area (Å²) in [5.74, 6) is -0.473. The summed E-state index contributed by atoms with van der Waals surface area (Å²) in [5, 5.41) is 0. The Bertz CT molecular complexity index is 690. The average molecular weight is 372 g/mol. The van der Waals surface area contributed by atoms with E-state index in [1.165, 1.54) is 12.1 Å². The van der Waals surface area contributed by atoms with Crippen LogP contribution in [-0.4, -0.2) is 13.4 Å². The molecule has 2 aromatic rings. The molecule has 0 amide bonds. The first-order valence-electron chi connectivity index (χ1n) is 4.48. The van der Waals surface area contributed by atoms with Crippen LogP contribution in [0, 0.1) is 5.82 Å². The number of nitrogens with one attached hydrogen (secondary N) is 1. The van der Waals surface area contributed by atoms with Crippen molar-refractivity contribution >= 4 is 54.6 Å². The maximum atomic E-state index is 13.0. The molecule has 0 spiro atoms. The predicted octanol–water partition coefficient (Wildman–Crippen LogP) is 3.50. The third-order valence-corrected chi connectivity index (χ3v) is 5.46. The highest BCUT2D eigenvalue weighted by Crippen LogP contribution is 2.26. The molecular weight excluding hydrogens is 367 g/mol. The first kappa shape index (κ1) is 13.7. The molecule has 0 aliphatic heterocycles. The molecule has 96 valence electrons. The van der Waals surface area contributed by atoms with Gasteiger partial charge in [-0.3, -0.25) is 4.72 Å². The number of aromatic nitrogens is 1. The summed E-state index contributed by atoms with van der Waals surface area (Å²) < 4.78 is 39.4. The number of anilines is 1. The Labute approximate surface area is 120 Å². The molecule has 1 aromatic heterocycles. The average Bonchev–Trinajstić information content (AvgIpc) is 2.71. The molecule has 1 heterocycles. The summed E-state index contributed by atoms with van der Waals surface area (Å²) in [6.07, 6.45) is 1.16. The molecule has 9 heteroatoms. The molecule has 0 unspecified atom stereocenters. The summed E-state index contributed by atoms with van der Waals surface area (Å²) in [7, 11) is -3.74. The van der Waals surface area contributed by atoms with Crippen LogP contribution in [0.15, 0.2) is 33.1 Å². The monoisotopic (exact) mass is 370 g/mol. The lowest BCUT2D eigenvalue weighted by Crippen LogP contribution is -2.11. The second kappa shape index (κ2) is 5.12. The molecule has 18 heavy (non-hydrogen) atoms. The Morgan fingerprint density at radius 3 is 2.72 bits per heavy atom. The first-order valence-corrected chi connectivity index (χ1v) is 7.95. The lowest BCUT2D eigenvalue weighted by atomic mass is 10.3. The van der Waals surface area contributed by atoms with Gasteiger partial charge in [-0.15, -0.1) is 0 Å². The van der Waals surface area contributed by atoms with Gasteiger partial charge in [0.15, 0.2) is 8.68 Å². The predicted molar refractivity (Wildman–Crippen MR) is 72.0 cm³/mol. The van der Waals surface area contributed by atoms with Gasteiger partial charge in [0, 0.05) is 0 Å². The highest BCUT2D eigenvalue weighted by Gasteiger charge is 2.18. The van der Waals surface area contributed by atoms with Crippen LogP contribution in [-0.2, 0) is 10.0 Å². The van der Waals surface area contributed by atoms with E-state index in [2.05, 4.69) is 25.6 Å². The van der Waals surface area contributed by atoms with Crippen molar-refractivity contribution in [2.75, 3.05) is 4.72 Å². The largest absolute Gasteiger partial charge is 0.279 e. The van der Waals surface area contributed by atoms with Gasteiger partial charge in [-0.1, -0.05) is 22.9 Å². The first-order chi connectivity index (χ1) is 8.38. The molecular formula is C9H5BrClFN2O2S2. The van der Waals surface area contributed by atoms with Crippen molar-refractivity contribution in [1.29, 1.82) is 0 Å². The summed E-state index contributed by atoms with van der Waals surface area (Å²) in [5.41, 5.74) is 0.243. The molecule has 0 atom stereocenters. The SMILES string of the molecule is O=S(=O)(Nc1ccc(F)c(Br)c1)c1cnc(Cl)s1. The highest BCUT2D eigenvalue weighted by atomic mass is 79.9. The van der Waals surface area contributed by atoms with Crippen LogP contribution in [0.5, 0.6) is 0 Å². The molecule has 0 bridgehead atoms. The van der Waals surface area contributed by atoms with Gasteiger partial charge in [-0.25, -0.2) is 17.8 Å². The number of benzene rings is 1. The van der Waals surface area contributed by atoms with Gasteiger partial charge in [-0.2, -0.15) is 0 Å². The summed E-state index contributed by atoms with van der Waals surface area (Å²) >= 11 is 9.39. The van der Waals surface area contributed by atoms with E-state index in [4.69, 9.17) is 11.6 Å². The number of halogens is 3. The van der Waals surface area contributed by atoms with E-state index < -0.39 is 15.8 Å². The fraction of sp³-hybridized carbons (Fsp3) is 0. The van der Waals surface area contributed by atoms with Gasteiger partial charge in [-0.05, 0) is 34.1 Å². The van der Waals surface area contributed by atoms with Gasteiger partial charge in [0.25, 0.3) is 10.0 Å². The number of hydrogen-bond donors (Lipinski definition) is 1. The summed E-state index contributed by atoms with van der Waals surface area (Å²) in [6, 6.07) is 3.80. The second-order valence-electron chi connectivity index (χ2n) is 3.17. The van der Waals surface area contributed by atoms with Crippen LogP contribution < -0.4 is 4.72 Å². The molecule has 0 fully saturated rings. The summed E-state index contributed by atoms with van der Waals surface area (Å²) in [4.78, 5) is 3.65. The third kappa shape index (κ3) is 3.00. The molecule has 2 rings (SSSR count). The van der Waals surface area contributed by atoms with E-state index in [-0.39, 0.29) is 18.8 Å². The molecule has 0 radical (unpaired) electrons. The van der Waals surface area contributed by atoms with E-state index in [1.807, 2.05) is 0 Å². The minimum absolute atomic E-state index is 0.00653. The maximum Gasteiger partial charge on any atom is 0.273 e. The minimum atomic E-state index is -3.74. The minimum Gasteiger partial charge on any atom is -0.279 e. The fourth-order valence-electron chi connectivity index (χ4n) is 1.13. The number of sulfonamides is 1. The number of rotatable bonds is 3. The van der Waals surface area contributed by atoms with Crippen LogP contribution in [0.4, 0.5) is 10.1 Å². The summed E-state index contributed by atoms with van der Waals surface area (Å²) in [6.45, 7) is 0. The van der Waals surface area contributed by atoms with Crippen LogP contribution >= 0.6 is 38.9 Å². The van der Waals surface area contributed by atoms with Crippen molar-refractivity contribution in [3.8, 4) is 0 Å². The topological polar surface area (TPSA) is 59.1 Å². The third-order valence-electron chi connectivity index (χ3n) is 1.89. The van der Waals surface area contributed by atoms with Gasteiger partial charge in [0.1, 0.15) is 5.82 Å². The smallest absolute Gasteiger partial charge is 0.273 e. The lowest BCUT2D eigenvalue weighted by molar-refractivity contribution is 0.602. The molecule has 0 aliphatic rings. The zero-order valence-electron chi connectivity index (χ0n) is 8.52. The Morgan fingerprint density at radius 1 is 1.44 bits per heavy atom. The van der Waals surface area contributed by atoms with Crippen LogP contribution in [0.2, 0.25) is 4.47 Å². The van der Waals surface area contributed by atoms with Gasteiger partial charge < -0.3 is 0 Å². The van der Waals surface area contributed by atoms with Crippen molar-refractivity contribution < 1.29 is 12.8 Å². The Morgan fingerprint density at radius 2 is 2.17 bits per heavy atom. The molecule has 1 aromatic carbocycles. The van der Waals surface area contributed by atoms with E-state index in [9.17, 15) is 12.8 Å². The van der Waals surface area contributed by atoms with Crippen LogP contribution in [0.25, 0.3) is 0 Å². The quantitative estimate of drug-likeness (QED) is 0.898. The van der Waals surface area contributed by atoms with Crippen molar-refractivity contribution in [2.45, 2.75) is 4.21 Å². The molecule has 4 nitrogen and oxygen atoms in total. The normalized spacial score (nSPS) is 11.5. The molecule has 1 N–H and O–H groups in total. The Hall–Kier alpha value is -0.700. The molecule has 0 saturated heterocycles. The number of nitrogens with zero attached hydrogens (tertiary/aromatic N) is 1. The second-order valence-corrected chi connectivity index (χ2v) is 7.54. The van der Waals surface area contributed by atoms with Gasteiger partial charge in [0.05, 0.1) is 16.4 Å². The van der Waals surface area contributed by atoms with E-state index in [1.54, 1.807) is 0 Å². The van der Waals surface area contributed by atoms with Crippen molar-refractivity contribution in [3.05, 3.63) is 39.2 Å². The Balaban J connectivity index is 2.30. The van der Waals surface area contributed by atoms with Crippen molar-refractivity contribution in [3.63, 3.8) is 0 Å². The van der Waals surface area contributed by atoms with E-state index in [0.717, 1.165) is 23.6 Å². The number of hydrogen-bond acceptors (Lipinski definition) is 4. The van der Waals surface area contributed by atoms with Crippen LogP contribution in [0.3, 0.4) is 0 Å². The zero-order valence-corrected chi connectivity index (χ0v) is 12.5. The standard InChI is InChI=1S/C9H5BrClFN2O2S2/c10-6-3-5(1-2-7(6)12)14-18(15,16)8-4-13-9(11)17-8/h1-4,14H. The lowest BCUT2D eigenvalue weighted by Gasteiger charge is -2.06.